The molecule has 168 valence electrons. The van der Waals surface area contributed by atoms with E-state index < -0.39 is 14.8 Å². The summed E-state index contributed by atoms with van der Waals surface area (Å²) in [7, 11) is -3.74. The van der Waals surface area contributed by atoms with Gasteiger partial charge in [-0.2, -0.15) is 0 Å². The third kappa shape index (κ3) is 4.52. The first-order valence-electron chi connectivity index (χ1n) is 10.6. The molecule has 1 aromatic heterocycles. The van der Waals surface area contributed by atoms with Gasteiger partial charge >= 0.3 is 0 Å². The van der Waals surface area contributed by atoms with Crippen molar-refractivity contribution in [2.45, 2.75) is 37.0 Å². The molecular weight excluding hydrogens is 430 g/mol. The van der Waals surface area contributed by atoms with Crippen LogP contribution in [-0.2, 0) is 26.9 Å². The first kappa shape index (κ1) is 22.0. The van der Waals surface area contributed by atoms with Crippen LogP contribution < -0.4 is 0 Å². The lowest BCUT2D eigenvalue weighted by molar-refractivity contribution is -0.384. The van der Waals surface area contributed by atoms with Crippen LogP contribution in [-0.4, -0.2) is 41.8 Å². The average Bonchev–Trinajstić information content (AvgIpc) is 3.14. The Morgan fingerprint density at radius 2 is 1.75 bits per heavy atom. The van der Waals surface area contributed by atoms with Crippen LogP contribution in [0.3, 0.4) is 0 Å². The van der Waals surface area contributed by atoms with Crippen molar-refractivity contribution >= 4 is 32.3 Å². The van der Waals surface area contributed by atoms with Gasteiger partial charge in [-0.05, 0) is 30.4 Å². The minimum Gasteiger partial charge on any atom is -0.341 e. The van der Waals surface area contributed by atoms with E-state index in [2.05, 4.69) is 6.92 Å². The topological polar surface area (TPSA) is 103 Å². The second-order valence-electron chi connectivity index (χ2n) is 8.38. The van der Waals surface area contributed by atoms with E-state index in [1.165, 1.54) is 30.5 Å². The molecule has 4 rings (SSSR count). The van der Waals surface area contributed by atoms with Gasteiger partial charge in [-0.25, -0.2) is 8.42 Å². The van der Waals surface area contributed by atoms with Crippen molar-refractivity contribution in [1.82, 2.24) is 9.47 Å². The lowest BCUT2D eigenvalue weighted by atomic mass is 9.99. The molecular formula is C23H25N3O5S. The van der Waals surface area contributed by atoms with E-state index in [1.807, 2.05) is 17.0 Å². The van der Waals surface area contributed by atoms with Gasteiger partial charge < -0.3 is 9.47 Å². The second-order valence-corrected chi connectivity index (χ2v) is 10.3. The molecule has 2 aromatic carbocycles. The van der Waals surface area contributed by atoms with Crippen LogP contribution in [0.5, 0.6) is 0 Å². The molecule has 3 aromatic rings. The number of carbonyl (C=O) groups excluding carboxylic acids is 1. The van der Waals surface area contributed by atoms with Gasteiger partial charge in [0.25, 0.3) is 5.69 Å². The number of carbonyl (C=O) groups is 1. The summed E-state index contributed by atoms with van der Waals surface area (Å²) in [6.45, 7) is 3.72. The maximum Gasteiger partial charge on any atom is 0.269 e. The van der Waals surface area contributed by atoms with Crippen LogP contribution in [0.15, 0.2) is 59.6 Å². The largest absolute Gasteiger partial charge is 0.341 e. The number of para-hydroxylation sites is 1. The maximum atomic E-state index is 13.2. The number of piperidine rings is 1. The number of hydrogen-bond donors (Lipinski definition) is 0. The Morgan fingerprint density at radius 1 is 1.09 bits per heavy atom. The smallest absolute Gasteiger partial charge is 0.269 e. The van der Waals surface area contributed by atoms with E-state index in [9.17, 15) is 23.3 Å². The number of sulfone groups is 1. The van der Waals surface area contributed by atoms with Gasteiger partial charge in [0, 0.05) is 42.3 Å². The fourth-order valence-corrected chi connectivity index (χ4v) is 5.69. The summed E-state index contributed by atoms with van der Waals surface area (Å²) in [5.74, 6) is 0.316. The minimum atomic E-state index is -3.74. The monoisotopic (exact) mass is 455 g/mol. The molecule has 1 aliphatic heterocycles. The number of rotatable bonds is 6. The molecule has 0 saturated carbocycles. The number of amides is 1. The van der Waals surface area contributed by atoms with E-state index >= 15 is 0 Å². The molecule has 0 N–H and O–H groups in total. The molecule has 0 aliphatic carbocycles. The Balaban J connectivity index is 1.61. The summed E-state index contributed by atoms with van der Waals surface area (Å²) < 4.78 is 28.2. The number of benzene rings is 2. The van der Waals surface area contributed by atoms with E-state index in [0.717, 1.165) is 25.9 Å². The molecule has 9 heteroatoms. The third-order valence-electron chi connectivity index (χ3n) is 6.03. The van der Waals surface area contributed by atoms with Crippen molar-refractivity contribution in [2.75, 3.05) is 13.1 Å². The van der Waals surface area contributed by atoms with Crippen molar-refractivity contribution in [1.29, 1.82) is 0 Å². The maximum absolute atomic E-state index is 13.2. The van der Waals surface area contributed by atoms with Crippen molar-refractivity contribution < 1.29 is 18.1 Å². The van der Waals surface area contributed by atoms with Crippen LogP contribution in [0.4, 0.5) is 5.69 Å². The van der Waals surface area contributed by atoms with Crippen LogP contribution >= 0.6 is 0 Å². The highest BCUT2D eigenvalue weighted by atomic mass is 32.2. The minimum absolute atomic E-state index is 0.0167. The third-order valence-corrected chi connectivity index (χ3v) is 7.74. The lowest BCUT2D eigenvalue weighted by Crippen LogP contribution is -2.39. The molecule has 2 heterocycles. The molecule has 8 nitrogen and oxygen atoms in total. The summed E-state index contributed by atoms with van der Waals surface area (Å²) in [6, 6.07) is 12.6. The van der Waals surface area contributed by atoms with E-state index in [4.69, 9.17) is 0 Å². The van der Waals surface area contributed by atoms with Gasteiger partial charge in [-0.3, -0.25) is 14.9 Å². The van der Waals surface area contributed by atoms with Gasteiger partial charge in [0.2, 0.25) is 5.91 Å². The van der Waals surface area contributed by atoms with Crippen LogP contribution in [0.2, 0.25) is 0 Å². The number of non-ortho nitro benzene ring substituents is 1. The normalized spacial score (nSPS) is 15.2. The predicted molar refractivity (Wildman–Crippen MR) is 121 cm³/mol. The summed E-state index contributed by atoms with van der Waals surface area (Å²) in [5.41, 5.74) is 1.06. The number of hydrogen-bond acceptors (Lipinski definition) is 5. The Hall–Kier alpha value is -3.20. The van der Waals surface area contributed by atoms with Gasteiger partial charge in [0.1, 0.15) is 6.54 Å². The molecule has 1 fully saturated rings. The predicted octanol–water partition coefficient (Wildman–Crippen LogP) is 3.78. The van der Waals surface area contributed by atoms with Crippen molar-refractivity contribution in [2.24, 2.45) is 5.92 Å². The quantitative estimate of drug-likeness (QED) is 0.416. The fraction of sp³-hybridized carbons (Fsp3) is 0.348. The zero-order valence-electron chi connectivity index (χ0n) is 17.8. The zero-order valence-corrected chi connectivity index (χ0v) is 18.6. The molecule has 1 aliphatic rings. The van der Waals surface area contributed by atoms with E-state index in [-0.39, 0.29) is 28.8 Å². The Bertz CT molecular complexity index is 1260. The summed E-state index contributed by atoms with van der Waals surface area (Å²) in [6.07, 6.45) is 3.50. The lowest BCUT2D eigenvalue weighted by Gasteiger charge is -2.30. The second kappa shape index (κ2) is 8.74. The van der Waals surface area contributed by atoms with Gasteiger partial charge in [-0.15, -0.1) is 0 Å². The van der Waals surface area contributed by atoms with Crippen LogP contribution in [0.25, 0.3) is 10.9 Å². The molecule has 1 amide bonds. The highest BCUT2D eigenvalue weighted by Gasteiger charge is 2.25. The number of fused-ring (bicyclic) bond motifs is 1. The molecule has 0 spiro atoms. The first-order valence-corrected chi connectivity index (χ1v) is 12.2. The summed E-state index contributed by atoms with van der Waals surface area (Å²) in [4.78, 5) is 25.2. The summed E-state index contributed by atoms with van der Waals surface area (Å²) >= 11 is 0. The van der Waals surface area contributed by atoms with Crippen LogP contribution in [0, 0.1) is 16.0 Å². The molecule has 0 unspecified atom stereocenters. The Labute approximate surface area is 186 Å². The standard InChI is InChI=1S/C23H25N3O5S/c1-17-10-12-24(13-11-17)23(27)15-25-14-22(20-4-2-3-5-21(20)25)32(30,31)16-18-6-8-19(9-7-18)26(28)29/h2-9,14,17H,10-13,15-16H2,1H3. The highest BCUT2D eigenvalue weighted by Crippen LogP contribution is 2.29. The fourth-order valence-electron chi connectivity index (χ4n) is 4.11. The first-order chi connectivity index (χ1) is 15.2. The van der Waals surface area contributed by atoms with Crippen LogP contribution in [0.1, 0.15) is 25.3 Å². The molecule has 0 radical (unpaired) electrons. The van der Waals surface area contributed by atoms with E-state index in [1.54, 1.807) is 16.7 Å². The number of likely N-dealkylation sites (tertiary alicyclic amines) is 1. The molecule has 32 heavy (non-hydrogen) atoms. The van der Waals surface area contributed by atoms with E-state index in [0.29, 0.717) is 22.4 Å². The Kier molecular flexibility index (Phi) is 6.01. The number of nitro groups is 1. The van der Waals surface area contributed by atoms with Gasteiger partial charge in [-0.1, -0.05) is 37.3 Å². The molecule has 1 saturated heterocycles. The number of nitro benzene ring substituents is 1. The zero-order chi connectivity index (χ0) is 22.9. The average molecular weight is 456 g/mol. The van der Waals surface area contributed by atoms with Crippen molar-refractivity contribution in [3.63, 3.8) is 0 Å². The van der Waals surface area contributed by atoms with Crippen molar-refractivity contribution in [3.05, 3.63) is 70.4 Å². The highest BCUT2D eigenvalue weighted by molar-refractivity contribution is 7.90. The van der Waals surface area contributed by atoms with Gasteiger partial charge in [0.05, 0.1) is 15.6 Å². The Morgan fingerprint density at radius 3 is 2.41 bits per heavy atom. The molecule has 0 bridgehead atoms. The SMILES string of the molecule is CC1CCN(C(=O)Cn2cc(S(=O)(=O)Cc3ccc([N+](=O)[O-])cc3)c3ccccc32)CC1. The number of nitrogens with zero attached hydrogens (tertiary/aromatic N) is 3. The molecule has 0 atom stereocenters. The van der Waals surface area contributed by atoms with Crippen molar-refractivity contribution in [3.8, 4) is 0 Å². The summed E-state index contributed by atoms with van der Waals surface area (Å²) in [5, 5.41) is 11.4. The number of aromatic nitrogens is 1. The van der Waals surface area contributed by atoms with Gasteiger partial charge in [0.15, 0.2) is 9.84 Å².